The Morgan fingerprint density at radius 2 is 2.12 bits per heavy atom. The highest BCUT2D eigenvalue weighted by Crippen LogP contribution is 2.08. The second-order valence-electron chi connectivity index (χ2n) is 4.24. The first-order valence-corrected chi connectivity index (χ1v) is 5.85. The molecule has 0 spiro atoms. The van der Waals surface area contributed by atoms with E-state index in [4.69, 9.17) is 4.74 Å². The molecule has 4 nitrogen and oxygen atoms in total. The molecule has 1 rings (SSSR count). The van der Waals surface area contributed by atoms with Crippen LogP contribution in [0.3, 0.4) is 0 Å². The largest absolute Gasteiger partial charge is 0.461 e. The maximum absolute atomic E-state index is 11.8. The van der Waals surface area contributed by atoms with E-state index in [9.17, 15) is 9.59 Å². The molecule has 0 aliphatic carbocycles. The van der Waals surface area contributed by atoms with E-state index >= 15 is 0 Å². The summed E-state index contributed by atoms with van der Waals surface area (Å²) in [4.78, 5) is 23.6. The molecule has 0 bridgehead atoms. The quantitative estimate of drug-likeness (QED) is 0.753. The topological polar surface area (TPSA) is 48.3 Å². The third-order valence-electron chi connectivity index (χ3n) is 2.82. The summed E-state index contributed by atoms with van der Waals surface area (Å²) in [5.74, 6) is -0.368. The lowest BCUT2D eigenvalue weighted by Crippen LogP contribution is -2.31. The molecule has 0 N–H and O–H groups in total. The highest BCUT2D eigenvalue weighted by atomic mass is 16.5. The standard InChI is InChI=1S/C13H19NO3/c1-5-10(3)17-13(16)11(4)14-8-6-7-9(2)12(14)15/h6-8,10-11H,5H2,1-4H3. The van der Waals surface area contributed by atoms with Crippen molar-refractivity contribution >= 4 is 5.97 Å². The van der Waals surface area contributed by atoms with Gasteiger partial charge in [-0.1, -0.05) is 13.0 Å². The zero-order chi connectivity index (χ0) is 13.0. The van der Waals surface area contributed by atoms with Gasteiger partial charge in [-0.05, 0) is 33.3 Å². The van der Waals surface area contributed by atoms with Crippen LogP contribution in [0.2, 0.25) is 0 Å². The molecular formula is C13H19NO3. The van der Waals surface area contributed by atoms with Crippen molar-refractivity contribution in [2.75, 3.05) is 0 Å². The molecular weight excluding hydrogens is 218 g/mol. The van der Waals surface area contributed by atoms with E-state index in [1.807, 2.05) is 13.8 Å². The second-order valence-corrected chi connectivity index (χ2v) is 4.24. The van der Waals surface area contributed by atoms with E-state index in [0.717, 1.165) is 6.42 Å². The molecule has 94 valence electrons. The van der Waals surface area contributed by atoms with Gasteiger partial charge < -0.3 is 9.30 Å². The molecule has 0 fully saturated rings. The third kappa shape index (κ3) is 3.19. The maximum atomic E-state index is 11.8. The van der Waals surface area contributed by atoms with Crippen molar-refractivity contribution in [2.24, 2.45) is 0 Å². The molecule has 2 unspecified atom stereocenters. The fraction of sp³-hybridized carbons (Fsp3) is 0.538. The van der Waals surface area contributed by atoms with E-state index in [1.54, 1.807) is 32.2 Å². The van der Waals surface area contributed by atoms with Crippen LogP contribution in [0, 0.1) is 6.92 Å². The Kier molecular flexibility index (Phi) is 4.49. The molecule has 1 heterocycles. The van der Waals surface area contributed by atoms with Crippen LogP contribution in [0.25, 0.3) is 0 Å². The van der Waals surface area contributed by atoms with Crippen LogP contribution in [-0.2, 0) is 9.53 Å². The summed E-state index contributed by atoms with van der Waals surface area (Å²) >= 11 is 0. The van der Waals surface area contributed by atoms with Gasteiger partial charge in [-0.15, -0.1) is 0 Å². The highest BCUT2D eigenvalue weighted by molar-refractivity contribution is 5.73. The Bertz CT molecular complexity index is 450. The first-order valence-electron chi connectivity index (χ1n) is 5.85. The number of hydrogen-bond acceptors (Lipinski definition) is 3. The van der Waals surface area contributed by atoms with Gasteiger partial charge >= 0.3 is 5.97 Å². The minimum atomic E-state index is -0.587. The number of aromatic nitrogens is 1. The van der Waals surface area contributed by atoms with E-state index in [0.29, 0.717) is 5.56 Å². The van der Waals surface area contributed by atoms with Gasteiger partial charge in [0.15, 0.2) is 0 Å². The smallest absolute Gasteiger partial charge is 0.329 e. The lowest BCUT2D eigenvalue weighted by Gasteiger charge is -2.17. The molecule has 0 aliphatic rings. The number of rotatable bonds is 4. The molecule has 0 saturated carbocycles. The SMILES string of the molecule is CCC(C)OC(=O)C(C)n1cccc(C)c1=O. The first kappa shape index (κ1) is 13.5. The van der Waals surface area contributed by atoms with E-state index in [2.05, 4.69) is 0 Å². The van der Waals surface area contributed by atoms with Crippen LogP contribution >= 0.6 is 0 Å². The van der Waals surface area contributed by atoms with Gasteiger partial charge in [0.1, 0.15) is 6.04 Å². The van der Waals surface area contributed by atoms with Gasteiger partial charge in [-0.3, -0.25) is 4.79 Å². The van der Waals surface area contributed by atoms with Crippen molar-refractivity contribution in [2.45, 2.75) is 46.3 Å². The summed E-state index contributed by atoms with van der Waals surface area (Å²) < 4.78 is 6.61. The minimum Gasteiger partial charge on any atom is -0.461 e. The Morgan fingerprint density at radius 1 is 1.47 bits per heavy atom. The summed E-state index contributed by atoms with van der Waals surface area (Å²) in [6.45, 7) is 7.18. The molecule has 1 aromatic rings. The molecule has 1 aromatic heterocycles. The Hall–Kier alpha value is -1.58. The number of aryl methyl sites for hydroxylation is 1. The normalized spacial score (nSPS) is 14.1. The van der Waals surface area contributed by atoms with Crippen molar-refractivity contribution in [3.05, 3.63) is 34.2 Å². The summed E-state index contributed by atoms with van der Waals surface area (Å²) in [5.41, 5.74) is 0.469. The maximum Gasteiger partial charge on any atom is 0.329 e. The zero-order valence-electron chi connectivity index (χ0n) is 10.8. The van der Waals surface area contributed by atoms with Crippen LogP contribution in [0.1, 0.15) is 38.8 Å². The van der Waals surface area contributed by atoms with Crippen molar-refractivity contribution in [3.63, 3.8) is 0 Å². The zero-order valence-corrected chi connectivity index (χ0v) is 10.8. The summed E-state index contributed by atoms with van der Waals surface area (Å²) in [6.07, 6.45) is 2.25. The average molecular weight is 237 g/mol. The van der Waals surface area contributed by atoms with Crippen molar-refractivity contribution in [1.82, 2.24) is 4.57 Å². The summed E-state index contributed by atoms with van der Waals surface area (Å²) in [6, 6.07) is 2.89. The molecule has 0 aromatic carbocycles. The molecule has 17 heavy (non-hydrogen) atoms. The van der Waals surface area contributed by atoms with Crippen LogP contribution in [0.15, 0.2) is 23.1 Å². The van der Waals surface area contributed by atoms with Crippen LogP contribution < -0.4 is 5.56 Å². The number of carbonyl (C=O) groups excluding carboxylic acids is 1. The van der Waals surface area contributed by atoms with E-state index < -0.39 is 6.04 Å². The second kappa shape index (κ2) is 5.66. The van der Waals surface area contributed by atoms with Gasteiger partial charge in [0.05, 0.1) is 6.10 Å². The predicted octanol–water partition coefficient (Wildman–Crippen LogP) is 2.06. The minimum absolute atomic E-state index is 0.120. The number of hydrogen-bond donors (Lipinski definition) is 0. The van der Waals surface area contributed by atoms with Gasteiger partial charge in [-0.2, -0.15) is 0 Å². The molecule has 2 atom stereocenters. The van der Waals surface area contributed by atoms with Gasteiger partial charge in [0.25, 0.3) is 5.56 Å². The van der Waals surface area contributed by atoms with Crippen molar-refractivity contribution < 1.29 is 9.53 Å². The lowest BCUT2D eigenvalue weighted by molar-refractivity contribution is -0.152. The Morgan fingerprint density at radius 3 is 2.71 bits per heavy atom. The number of esters is 1. The number of pyridine rings is 1. The van der Waals surface area contributed by atoms with Gasteiger partial charge in [0, 0.05) is 11.8 Å². The molecule has 4 heteroatoms. The number of nitrogens with zero attached hydrogens (tertiary/aromatic N) is 1. The molecule has 0 radical (unpaired) electrons. The number of ether oxygens (including phenoxy) is 1. The van der Waals surface area contributed by atoms with Crippen LogP contribution in [0.4, 0.5) is 0 Å². The fourth-order valence-electron chi connectivity index (χ4n) is 1.42. The summed E-state index contributed by atoms with van der Waals surface area (Å²) in [7, 11) is 0. The highest BCUT2D eigenvalue weighted by Gasteiger charge is 2.19. The monoisotopic (exact) mass is 237 g/mol. The van der Waals surface area contributed by atoms with Gasteiger partial charge in [-0.25, -0.2) is 4.79 Å². The van der Waals surface area contributed by atoms with Gasteiger partial charge in [0.2, 0.25) is 0 Å². The van der Waals surface area contributed by atoms with Crippen molar-refractivity contribution in [3.8, 4) is 0 Å². The van der Waals surface area contributed by atoms with Crippen LogP contribution in [-0.4, -0.2) is 16.6 Å². The Labute approximate surface area is 101 Å². The molecule has 0 saturated heterocycles. The first-order chi connectivity index (χ1) is 7.97. The predicted molar refractivity (Wildman–Crippen MR) is 66.0 cm³/mol. The van der Waals surface area contributed by atoms with Crippen LogP contribution in [0.5, 0.6) is 0 Å². The average Bonchev–Trinajstić information content (AvgIpc) is 2.31. The molecule has 0 aliphatic heterocycles. The number of carbonyl (C=O) groups is 1. The fourth-order valence-corrected chi connectivity index (χ4v) is 1.42. The van der Waals surface area contributed by atoms with E-state index in [-0.39, 0.29) is 17.6 Å². The van der Waals surface area contributed by atoms with E-state index in [1.165, 1.54) is 4.57 Å². The third-order valence-corrected chi connectivity index (χ3v) is 2.82. The van der Waals surface area contributed by atoms with Crippen molar-refractivity contribution in [1.29, 1.82) is 0 Å². The Balaban J connectivity index is 2.89. The summed E-state index contributed by atoms with van der Waals surface area (Å²) in [5, 5.41) is 0. The molecule has 0 amide bonds. The lowest BCUT2D eigenvalue weighted by atomic mass is 10.2.